The van der Waals surface area contributed by atoms with Crippen molar-refractivity contribution >= 4 is 11.6 Å². The number of aliphatic hydroxyl groups is 1. The van der Waals surface area contributed by atoms with Gasteiger partial charge in [0.25, 0.3) is 0 Å². The van der Waals surface area contributed by atoms with E-state index in [-0.39, 0.29) is 0 Å². The Bertz CT molecular complexity index is 284. The van der Waals surface area contributed by atoms with E-state index in [1.54, 1.807) is 20.1 Å². The molecule has 0 aliphatic rings. The molecule has 0 heterocycles. The molecule has 0 spiro atoms. The molecule has 0 saturated carbocycles. The molecule has 0 aliphatic heterocycles. The predicted octanol–water partition coefficient (Wildman–Crippen LogP) is 2.54. The van der Waals surface area contributed by atoms with Gasteiger partial charge in [-0.25, -0.2) is 0 Å². The van der Waals surface area contributed by atoms with Gasteiger partial charge in [0.05, 0.1) is 12.7 Å². The van der Waals surface area contributed by atoms with Gasteiger partial charge in [-0.3, -0.25) is 0 Å². The number of benzene rings is 1. The summed E-state index contributed by atoms with van der Waals surface area (Å²) in [6.07, 6.45) is -0.484. The first-order valence-corrected chi connectivity index (χ1v) is 4.48. The first-order valence-electron chi connectivity index (χ1n) is 4.10. The second-order valence-corrected chi connectivity index (χ2v) is 3.39. The molecule has 0 bridgehead atoms. The topological polar surface area (TPSA) is 29.5 Å². The minimum absolute atomic E-state index is 0.473. The smallest absolute Gasteiger partial charge is 0.0765 e. The van der Waals surface area contributed by atoms with Gasteiger partial charge >= 0.3 is 0 Å². The lowest BCUT2D eigenvalue weighted by molar-refractivity contribution is 0.171. The number of halogens is 1. The fraction of sp³-hybridized carbons (Fsp3) is 0.400. The second-order valence-electron chi connectivity index (χ2n) is 2.95. The largest absolute Gasteiger partial charge is 0.389 e. The Morgan fingerprint density at radius 1 is 1.54 bits per heavy atom. The fourth-order valence-corrected chi connectivity index (χ4v) is 1.46. The Labute approximate surface area is 83.1 Å². The molecule has 1 unspecified atom stereocenters. The lowest BCUT2D eigenvalue weighted by Gasteiger charge is -2.11. The van der Waals surface area contributed by atoms with Crippen LogP contribution in [0, 0.1) is 0 Å². The van der Waals surface area contributed by atoms with Crippen LogP contribution in [-0.2, 0) is 11.3 Å². The Morgan fingerprint density at radius 3 is 2.77 bits per heavy atom. The van der Waals surface area contributed by atoms with Crippen molar-refractivity contribution in [2.24, 2.45) is 0 Å². The second kappa shape index (κ2) is 4.61. The molecule has 13 heavy (non-hydrogen) atoms. The minimum Gasteiger partial charge on any atom is -0.389 e. The van der Waals surface area contributed by atoms with E-state index in [0.717, 1.165) is 11.1 Å². The van der Waals surface area contributed by atoms with Crippen LogP contribution in [0.15, 0.2) is 18.2 Å². The standard InChI is InChI=1S/C10H13ClO2/c1-7(12)10-4-3-9(11)5-8(10)6-13-2/h3-5,7,12H,6H2,1-2H3. The third-order valence-corrected chi connectivity index (χ3v) is 2.09. The lowest BCUT2D eigenvalue weighted by Crippen LogP contribution is -1.99. The van der Waals surface area contributed by atoms with Crippen LogP contribution in [-0.4, -0.2) is 12.2 Å². The van der Waals surface area contributed by atoms with Crippen molar-refractivity contribution in [2.45, 2.75) is 19.6 Å². The quantitative estimate of drug-likeness (QED) is 0.813. The zero-order chi connectivity index (χ0) is 9.84. The molecule has 1 atom stereocenters. The van der Waals surface area contributed by atoms with Crippen molar-refractivity contribution in [3.8, 4) is 0 Å². The zero-order valence-corrected chi connectivity index (χ0v) is 8.51. The molecule has 1 aromatic carbocycles. The molecule has 1 aromatic rings. The predicted molar refractivity (Wildman–Crippen MR) is 52.8 cm³/mol. The molecule has 3 heteroatoms. The van der Waals surface area contributed by atoms with Crippen molar-refractivity contribution in [2.75, 3.05) is 7.11 Å². The van der Waals surface area contributed by atoms with E-state index in [0.29, 0.717) is 11.6 Å². The lowest BCUT2D eigenvalue weighted by atomic mass is 10.0. The summed E-state index contributed by atoms with van der Waals surface area (Å²) in [6, 6.07) is 5.40. The van der Waals surface area contributed by atoms with Crippen molar-refractivity contribution in [1.82, 2.24) is 0 Å². The van der Waals surface area contributed by atoms with E-state index in [9.17, 15) is 5.11 Å². The number of ether oxygens (including phenoxy) is 1. The average molecular weight is 201 g/mol. The van der Waals surface area contributed by atoms with Crippen LogP contribution in [0.5, 0.6) is 0 Å². The average Bonchev–Trinajstić information content (AvgIpc) is 2.04. The normalized spacial score (nSPS) is 12.9. The van der Waals surface area contributed by atoms with Crippen molar-refractivity contribution in [3.05, 3.63) is 34.3 Å². The third-order valence-electron chi connectivity index (χ3n) is 1.85. The van der Waals surface area contributed by atoms with Crippen LogP contribution in [0.2, 0.25) is 5.02 Å². The Hall–Kier alpha value is -0.570. The summed E-state index contributed by atoms with van der Waals surface area (Å²) in [5.74, 6) is 0. The van der Waals surface area contributed by atoms with Crippen molar-refractivity contribution in [1.29, 1.82) is 0 Å². The summed E-state index contributed by atoms with van der Waals surface area (Å²) in [5.41, 5.74) is 1.80. The van der Waals surface area contributed by atoms with Crippen LogP contribution in [0.1, 0.15) is 24.2 Å². The highest BCUT2D eigenvalue weighted by Gasteiger charge is 2.07. The number of rotatable bonds is 3. The van der Waals surface area contributed by atoms with Crippen molar-refractivity contribution < 1.29 is 9.84 Å². The molecule has 1 rings (SSSR count). The molecule has 0 aliphatic carbocycles. The Morgan fingerprint density at radius 2 is 2.23 bits per heavy atom. The van der Waals surface area contributed by atoms with Crippen LogP contribution in [0.3, 0.4) is 0 Å². The van der Waals surface area contributed by atoms with Crippen LogP contribution in [0.4, 0.5) is 0 Å². The van der Waals surface area contributed by atoms with Gasteiger partial charge in [-0.05, 0) is 30.2 Å². The molecule has 0 amide bonds. The van der Waals surface area contributed by atoms with E-state index in [4.69, 9.17) is 16.3 Å². The SMILES string of the molecule is COCc1cc(Cl)ccc1C(C)O. The number of hydrogen-bond donors (Lipinski definition) is 1. The third kappa shape index (κ3) is 2.69. The van der Waals surface area contributed by atoms with Crippen molar-refractivity contribution in [3.63, 3.8) is 0 Å². The first-order chi connectivity index (χ1) is 6.15. The van der Waals surface area contributed by atoms with Crippen LogP contribution < -0.4 is 0 Å². The molecule has 0 saturated heterocycles. The van der Waals surface area contributed by atoms with E-state index in [2.05, 4.69) is 0 Å². The summed E-state index contributed by atoms with van der Waals surface area (Å²) in [4.78, 5) is 0. The summed E-state index contributed by atoms with van der Waals surface area (Å²) in [7, 11) is 1.62. The monoisotopic (exact) mass is 200 g/mol. The minimum atomic E-state index is -0.484. The molecule has 0 radical (unpaired) electrons. The summed E-state index contributed by atoms with van der Waals surface area (Å²) >= 11 is 5.82. The molecule has 1 N–H and O–H groups in total. The van der Waals surface area contributed by atoms with Gasteiger partial charge in [0.2, 0.25) is 0 Å². The van der Waals surface area contributed by atoms with Gasteiger partial charge < -0.3 is 9.84 Å². The van der Waals surface area contributed by atoms with Crippen LogP contribution >= 0.6 is 11.6 Å². The van der Waals surface area contributed by atoms with E-state index in [1.165, 1.54) is 0 Å². The highest BCUT2D eigenvalue weighted by Crippen LogP contribution is 2.22. The first kappa shape index (κ1) is 10.5. The van der Waals surface area contributed by atoms with E-state index >= 15 is 0 Å². The zero-order valence-electron chi connectivity index (χ0n) is 7.75. The molecule has 2 nitrogen and oxygen atoms in total. The van der Waals surface area contributed by atoms with Gasteiger partial charge in [-0.15, -0.1) is 0 Å². The van der Waals surface area contributed by atoms with E-state index in [1.807, 2.05) is 12.1 Å². The number of methoxy groups -OCH3 is 1. The maximum absolute atomic E-state index is 9.42. The molecule has 72 valence electrons. The van der Waals surface area contributed by atoms with E-state index < -0.39 is 6.10 Å². The number of hydrogen-bond acceptors (Lipinski definition) is 2. The van der Waals surface area contributed by atoms with Gasteiger partial charge in [0.1, 0.15) is 0 Å². The molecule has 0 aromatic heterocycles. The number of aliphatic hydroxyl groups excluding tert-OH is 1. The highest BCUT2D eigenvalue weighted by molar-refractivity contribution is 6.30. The molecular weight excluding hydrogens is 188 g/mol. The van der Waals surface area contributed by atoms with Gasteiger partial charge in [-0.2, -0.15) is 0 Å². The van der Waals surface area contributed by atoms with Gasteiger partial charge in [0, 0.05) is 12.1 Å². The summed E-state index contributed by atoms with van der Waals surface area (Å²) in [6.45, 7) is 2.20. The fourth-order valence-electron chi connectivity index (χ4n) is 1.26. The van der Waals surface area contributed by atoms with Gasteiger partial charge in [0.15, 0.2) is 0 Å². The maximum atomic E-state index is 9.42. The molecule has 0 fully saturated rings. The summed E-state index contributed by atoms with van der Waals surface area (Å²) < 4.78 is 5.00. The Kier molecular flexibility index (Phi) is 3.72. The summed E-state index contributed by atoms with van der Waals surface area (Å²) in [5, 5.41) is 10.1. The van der Waals surface area contributed by atoms with Gasteiger partial charge in [-0.1, -0.05) is 17.7 Å². The highest BCUT2D eigenvalue weighted by atomic mass is 35.5. The van der Waals surface area contributed by atoms with Crippen LogP contribution in [0.25, 0.3) is 0 Å². The molecular formula is C10H13ClO2. The Balaban J connectivity index is 3.03. The maximum Gasteiger partial charge on any atom is 0.0765 e.